The molecule has 92 valence electrons. The van der Waals surface area contributed by atoms with E-state index in [4.69, 9.17) is 4.74 Å². The van der Waals surface area contributed by atoms with Gasteiger partial charge in [0.2, 0.25) is 0 Å². The monoisotopic (exact) mass is 298 g/mol. The topological polar surface area (TPSA) is 35.5 Å². The van der Waals surface area contributed by atoms with Crippen LogP contribution >= 0.6 is 15.9 Å². The van der Waals surface area contributed by atoms with Crippen molar-refractivity contribution >= 4 is 21.9 Å². The van der Waals surface area contributed by atoms with Crippen LogP contribution in [0.25, 0.3) is 0 Å². The van der Waals surface area contributed by atoms with Crippen LogP contribution in [0, 0.1) is 0 Å². The molecule has 4 heteroatoms. The summed E-state index contributed by atoms with van der Waals surface area (Å²) in [5, 5.41) is 0. The highest BCUT2D eigenvalue weighted by Gasteiger charge is 2.21. The molecule has 3 nitrogen and oxygen atoms in total. The highest BCUT2D eigenvalue weighted by Crippen LogP contribution is 2.29. The summed E-state index contributed by atoms with van der Waals surface area (Å²) in [6.07, 6.45) is 4.00. The van der Waals surface area contributed by atoms with Gasteiger partial charge in [-0.25, -0.2) is 0 Å². The minimum atomic E-state index is -0.249. The van der Waals surface area contributed by atoms with E-state index in [2.05, 4.69) is 20.7 Å². The molecule has 0 radical (unpaired) electrons. The van der Waals surface area contributed by atoms with Gasteiger partial charge in [0.1, 0.15) is 5.75 Å². The molecule has 0 heterocycles. The zero-order chi connectivity index (χ0) is 12.3. The van der Waals surface area contributed by atoms with Crippen LogP contribution in [0.1, 0.15) is 24.8 Å². The summed E-state index contributed by atoms with van der Waals surface area (Å²) < 4.78 is 11.5. The predicted octanol–water partition coefficient (Wildman–Crippen LogP) is 3.10. The number of hydrogen-bond donors (Lipinski definition) is 0. The van der Waals surface area contributed by atoms with Gasteiger partial charge in [-0.05, 0) is 37.5 Å². The molecule has 2 rings (SSSR count). The van der Waals surface area contributed by atoms with Crippen molar-refractivity contribution in [3.05, 3.63) is 28.2 Å². The fourth-order valence-electron chi connectivity index (χ4n) is 1.70. The molecule has 1 aliphatic rings. The van der Waals surface area contributed by atoms with Crippen LogP contribution in [0.3, 0.4) is 0 Å². The molecule has 0 N–H and O–H groups in total. The Bertz CT molecular complexity index is 413. The first-order chi connectivity index (χ1) is 8.19. The fraction of sp³-hybridized carbons (Fsp3) is 0.462. The van der Waals surface area contributed by atoms with Crippen LogP contribution in [-0.4, -0.2) is 19.2 Å². The van der Waals surface area contributed by atoms with Crippen molar-refractivity contribution in [2.75, 3.05) is 7.11 Å². The summed E-state index contributed by atoms with van der Waals surface area (Å²) in [6.45, 7) is 0. The van der Waals surface area contributed by atoms with Crippen molar-refractivity contribution in [2.45, 2.75) is 31.8 Å². The Morgan fingerprint density at radius 2 is 2.24 bits per heavy atom. The number of carbonyl (C=O) groups is 1. The standard InChI is InChI=1S/C13H15BrO3/c1-16-13(15)8-9-7-10(14)5-6-12(9)17-11-3-2-4-11/h5-7,11H,2-4,8H2,1H3. The maximum absolute atomic E-state index is 11.3. The third kappa shape index (κ3) is 3.22. The number of ether oxygens (including phenoxy) is 2. The van der Waals surface area contributed by atoms with Gasteiger partial charge in [0.15, 0.2) is 0 Å². The van der Waals surface area contributed by atoms with E-state index >= 15 is 0 Å². The molecule has 1 aliphatic carbocycles. The molecule has 1 fully saturated rings. The first kappa shape index (κ1) is 12.4. The van der Waals surface area contributed by atoms with E-state index in [9.17, 15) is 4.79 Å². The number of methoxy groups -OCH3 is 1. The molecule has 0 spiro atoms. The van der Waals surface area contributed by atoms with Gasteiger partial charge in [0, 0.05) is 10.0 Å². The van der Waals surface area contributed by atoms with Gasteiger partial charge >= 0.3 is 5.97 Å². The first-order valence-corrected chi connectivity index (χ1v) is 6.50. The van der Waals surface area contributed by atoms with Crippen molar-refractivity contribution in [1.82, 2.24) is 0 Å². The molecular weight excluding hydrogens is 284 g/mol. The number of benzene rings is 1. The van der Waals surface area contributed by atoms with E-state index < -0.39 is 0 Å². The minimum absolute atomic E-state index is 0.248. The van der Waals surface area contributed by atoms with Crippen molar-refractivity contribution in [3.8, 4) is 5.75 Å². The van der Waals surface area contributed by atoms with Crippen molar-refractivity contribution in [3.63, 3.8) is 0 Å². The maximum atomic E-state index is 11.3. The van der Waals surface area contributed by atoms with E-state index in [-0.39, 0.29) is 12.4 Å². The Kier molecular flexibility index (Phi) is 4.05. The summed E-state index contributed by atoms with van der Waals surface area (Å²) in [5.41, 5.74) is 0.873. The van der Waals surface area contributed by atoms with Gasteiger partial charge in [0.05, 0.1) is 19.6 Å². The van der Waals surface area contributed by atoms with E-state index in [0.717, 1.165) is 28.6 Å². The summed E-state index contributed by atoms with van der Waals surface area (Å²) >= 11 is 3.40. The number of hydrogen-bond acceptors (Lipinski definition) is 3. The molecule has 0 saturated heterocycles. The van der Waals surface area contributed by atoms with Crippen molar-refractivity contribution < 1.29 is 14.3 Å². The summed E-state index contributed by atoms with van der Waals surface area (Å²) in [4.78, 5) is 11.3. The molecular formula is C13H15BrO3. The Hall–Kier alpha value is -1.03. The SMILES string of the molecule is COC(=O)Cc1cc(Br)ccc1OC1CCC1. The van der Waals surface area contributed by atoms with Crippen LogP contribution in [0.5, 0.6) is 5.75 Å². The van der Waals surface area contributed by atoms with Crippen LogP contribution < -0.4 is 4.74 Å². The van der Waals surface area contributed by atoms with Crippen LogP contribution in [0.4, 0.5) is 0 Å². The van der Waals surface area contributed by atoms with Crippen LogP contribution in [0.2, 0.25) is 0 Å². The first-order valence-electron chi connectivity index (χ1n) is 5.71. The van der Waals surface area contributed by atoms with Gasteiger partial charge in [-0.15, -0.1) is 0 Å². The lowest BCUT2D eigenvalue weighted by atomic mass is 9.96. The summed E-state index contributed by atoms with van der Waals surface area (Å²) in [5.74, 6) is 0.546. The normalized spacial score (nSPS) is 15.2. The molecule has 0 aromatic heterocycles. The minimum Gasteiger partial charge on any atom is -0.490 e. The molecule has 0 atom stereocenters. The Morgan fingerprint density at radius 1 is 1.47 bits per heavy atom. The van der Waals surface area contributed by atoms with E-state index in [1.165, 1.54) is 13.5 Å². The third-order valence-electron chi connectivity index (χ3n) is 2.93. The smallest absolute Gasteiger partial charge is 0.310 e. The molecule has 1 aromatic rings. The highest BCUT2D eigenvalue weighted by molar-refractivity contribution is 9.10. The maximum Gasteiger partial charge on any atom is 0.310 e. The average Bonchev–Trinajstić information content (AvgIpc) is 2.25. The van der Waals surface area contributed by atoms with Crippen molar-refractivity contribution in [2.24, 2.45) is 0 Å². The van der Waals surface area contributed by atoms with E-state index in [1.807, 2.05) is 18.2 Å². The number of carbonyl (C=O) groups excluding carboxylic acids is 1. The van der Waals surface area contributed by atoms with Gasteiger partial charge in [-0.1, -0.05) is 15.9 Å². The lowest BCUT2D eigenvalue weighted by molar-refractivity contribution is -0.139. The van der Waals surface area contributed by atoms with Gasteiger partial charge in [-0.2, -0.15) is 0 Å². The van der Waals surface area contributed by atoms with Gasteiger partial charge in [0.25, 0.3) is 0 Å². The van der Waals surface area contributed by atoms with Gasteiger partial charge < -0.3 is 9.47 Å². The number of esters is 1. The molecule has 0 aliphatic heterocycles. The summed E-state index contributed by atoms with van der Waals surface area (Å²) in [6, 6.07) is 5.74. The second-order valence-corrected chi connectivity index (χ2v) is 5.09. The number of halogens is 1. The lowest BCUT2D eigenvalue weighted by Gasteiger charge is -2.27. The zero-order valence-corrected chi connectivity index (χ0v) is 11.3. The molecule has 0 unspecified atom stereocenters. The molecule has 17 heavy (non-hydrogen) atoms. The number of rotatable bonds is 4. The fourth-order valence-corrected chi connectivity index (χ4v) is 2.11. The lowest BCUT2D eigenvalue weighted by Crippen LogP contribution is -2.25. The van der Waals surface area contributed by atoms with E-state index in [1.54, 1.807) is 0 Å². The molecule has 1 saturated carbocycles. The second kappa shape index (κ2) is 5.54. The molecule has 0 bridgehead atoms. The largest absolute Gasteiger partial charge is 0.490 e. The Morgan fingerprint density at radius 3 is 2.82 bits per heavy atom. The highest BCUT2D eigenvalue weighted by atomic mass is 79.9. The van der Waals surface area contributed by atoms with Crippen LogP contribution in [-0.2, 0) is 16.0 Å². The summed E-state index contributed by atoms with van der Waals surface area (Å²) in [7, 11) is 1.40. The van der Waals surface area contributed by atoms with Gasteiger partial charge in [-0.3, -0.25) is 4.79 Å². The predicted molar refractivity (Wildman–Crippen MR) is 68.1 cm³/mol. The molecule has 1 aromatic carbocycles. The van der Waals surface area contributed by atoms with Crippen molar-refractivity contribution in [1.29, 1.82) is 0 Å². The molecule has 0 amide bonds. The van der Waals surface area contributed by atoms with Crippen LogP contribution in [0.15, 0.2) is 22.7 Å². The average molecular weight is 299 g/mol. The second-order valence-electron chi connectivity index (χ2n) is 4.18. The zero-order valence-electron chi connectivity index (χ0n) is 9.74. The Balaban J connectivity index is 2.14. The quantitative estimate of drug-likeness (QED) is 0.801. The Labute approximate surface area is 109 Å². The third-order valence-corrected chi connectivity index (χ3v) is 3.42. The van der Waals surface area contributed by atoms with E-state index in [0.29, 0.717) is 6.10 Å².